The number of sulfonamides is 1. The van der Waals surface area contributed by atoms with Gasteiger partial charge in [-0.15, -0.1) is 0 Å². The third-order valence-corrected chi connectivity index (χ3v) is 7.91. The van der Waals surface area contributed by atoms with Crippen LogP contribution in [0.25, 0.3) is 22.2 Å². The Bertz CT molecular complexity index is 1510. The molecular formula is C28H31N3O5S. The van der Waals surface area contributed by atoms with Crippen LogP contribution in [0.2, 0.25) is 0 Å². The van der Waals surface area contributed by atoms with Gasteiger partial charge in [-0.1, -0.05) is 55.8 Å². The Hall–Kier alpha value is -3.85. The van der Waals surface area contributed by atoms with Crippen LogP contribution in [-0.4, -0.2) is 34.5 Å². The van der Waals surface area contributed by atoms with Gasteiger partial charge in [-0.25, -0.2) is 18.2 Å². The fourth-order valence-corrected chi connectivity index (χ4v) is 4.77. The number of fused-ring (bicyclic) bond motifs is 1. The number of aromatic nitrogens is 2. The molecule has 0 atom stereocenters. The van der Waals surface area contributed by atoms with Gasteiger partial charge >= 0.3 is 6.16 Å². The zero-order valence-electron chi connectivity index (χ0n) is 21.1. The number of nitrogens with one attached hydrogen (secondary N) is 1. The number of ether oxygens (including phenoxy) is 1. The fourth-order valence-electron chi connectivity index (χ4n) is 4.08. The Labute approximate surface area is 217 Å². The Morgan fingerprint density at radius 3 is 2.49 bits per heavy atom. The van der Waals surface area contributed by atoms with Gasteiger partial charge in [0.05, 0.1) is 22.0 Å². The van der Waals surface area contributed by atoms with Gasteiger partial charge < -0.3 is 14.4 Å². The zero-order valence-corrected chi connectivity index (χ0v) is 22.0. The number of hydrogen-bond acceptors (Lipinski definition) is 5. The summed E-state index contributed by atoms with van der Waals surface area (Å²) in [5.41, 5.74) is 4.75. The van der Waals surface area contributed by atoms with Crippen molar-refractivity contribution >= 4 is 32.9 Å². The van der Waals surface area contributed by atoms with Crippen LogP contribution in [0.5, 0.6) is 5.75 Å². The molecule has 2 N–H and O–H groups in total. The predicted molar refractivity (Wildman–Crippen MR) is 146 cm³/mol. The van der Waals surface area contributed by atoms with E-state index in [0.29, 0.717) is 17.8 Å². The van der Waals surface area contributed by atoms with Crippen molar-refractivity contribution in [3.63, 3.8) is 0 Å². The first kappa shape index (κ1) is 26.2. The van der Waals surface area contributed by atoms with Gasteiger partial charge in [0.2, 0.25) is 10.0 Å². The molecule has 0 amide bonds. The highest BCUT2D eigenvalue weighted by atomic mass is 32.2. The molecule has 0 spiro atoms. The van der Waals surface area contributed by atoms with Crippen molar-refractivity contribution < 1.29 is 23.1 Å². The smallest absolute Gasteiger partial charge is 0.449 e. The van der Waals surface area contributed by atoms with E-state index in [2.05, 4.69) is 16.2 Å². The lowest BCUT2D eigenvalue weighted by Gasteiger charge is -2.13. The number of carbonyl (C=O) groups is 1. The summed E-state index contributed by atoms with van der Waals surface area (Å²) >= 11 is 0. The lowest BCUT2D eigenvalue weighted by molar-refractivity contribution is 0.144. The molecule has 0 aliphatic rings. The Kier molecular flexibility index (Phi) is 7.83. The Balaban J connectivity index is 1.68. The summed E-state index contributed by atoms with van der Waals surface area (Å²) in [6.45, 7) is 5.98. The van der Waals surface area contributed by atoms with Gasteiger partial charge in [-0.3, -0.25) is 4.72 Å². The van der Waals surface area contributed by atoms with Crippen LogP contribution in [0.3, 0.4) is 0 Å². The number of nitrogens with zero attached hydrogens (tertiary/aromatic N) is 2. The summed E-state index contributed by atoms with van der Waals surface area (Å²) < 4.78 is 34.6. The topological polar surface area (TPSA) is 111 Å². The van der Waals surface area contributed by atoms with E-state index in [1.807, 2.05) is 48.5 Å². The molecule has 4 rings (SSSR count). The van der Waals surface area contributed by atoms with Gasteiger partial charge in [0.25, 0.3) is 0 Å². The number of unbranched alkanes of at least 4 members (excludes halogenated alkanes) is 1. The molecule has 3 aromatic carbocycles. The summed E-state index contributed by atoms with van der Waals surface area (Å²) in [6, 6.07) is 20.3. The molecule has 194 valence electrons. The predicted octanol–water partition coefficient (Wildman–Crippen LogP) is 6.30. The van der Waals surface area contributed by atoms with Crippen LogP contribution in [0.4, 0.5) is 10.5 Å². The molecule has 0 fully saturated rings. The van der Waals surface area contributed by atoms with E-state index < -0.39 is 21.4 Å². The molecule has 0 aliphatic heterocycles. The van der Waals surface area contributed by atoms with Crippen LogP contribution in [-0.2, 0) is 23.0 Å². The highest BCUT2D eigenvalue weighted by Gasteiger charge is 2.18. The molecular weight excluding hydrogens is 490 g/mol. The first-order valence-electron chi connectivity index (χ1n) is 12.3. The minimum absolute atomic E-state index is 0.279. The van der Waals surface area contributed by atoms with Gasteiger partial charge in [0.15, 0.2) is 0 Å². The van der Waals surface area contributed by atoms with Crippen molar-refractivity contribution in [2.75, 3.05) is 4.72 Å². The van der Waals surface area contributed by atoms with E-state index in [0.717, 1.165) is 47.2 Å². The number of hydrogen-bond donors (Lipinski definition) is 2. The molecule has 1 aromatic heterocycles. The molecule has 37 heavy (non-hydrogen) atoms. The monoisotopic (exact) mass is 521 g/mol. The van der Waals surface area contributed by atoms with E-state index in [1.165, 1.54) is 0 Å². The maximum absolute atomic E-state index is 12.4. The largest absolute Gasteiger partial charge is 0.511 e. The summed E-state index contributed by atoms with van der Waals surface area (Å²) in [6.07, 6.45) is 1.49. The lowest BCUT2D eigenvalue weighted by atomic mass is 10.0. The SMILES string of the molecule is CCCCc1nc2ccc(NS(=O)(=O)C(C)C)cc2n1Cc1ccc(-c2ccccc2OC(=O)O)cc1. The number of rotatable bonds is 10. The number of benzene rings is 3. The minimum Gasteiger partial charge on any atom is -0.449 e. The third kappa shape index (κ3) is 6.11. The molecule has 0 saturated carbocycles. The maximum atomic E-state index is 12.4. The lowest BCUT2D eigenvalue weighted by Crippen LogP contribution is -2.22. The second kappa shape index (κ2) is 11.0. The Morgan fingerprint density at radius 2 is 1.81 bits per heavy atom. The van der Waals surface area contributed by atoms with Crippen LogP contribution < -0.4 is 9.46 Å². The average molecular weight is 522 g/mol. The summed E-state index contributed by atoms with van der Waals surface area (Å²) in [5, 5.41) is 8.50. The molecule has 1 heterocycles. The summed E-state index contributed by atoms with van der Waals surface area (Å²) in [7, 11) is -3.47. The number of imidazole rings is 1. The fraction of sp³-hybridized carbons (Fsp3) is 0.286. The van der Waals surface area contributed by atoms with E-state index in [9.17, 15) is 13.2 Å². The van der Waals surface area contributed by atoms with Crippen molar-refractivity contribution in [2.45, 2.75) is 51.8 Å². The number of anilines is 1. The van der Waals surface area contributed by atoms with Crippen molar-refractivity contribution in [1.29, 1.82) is 0 Å². The van der Waals surface area contributed by atoms with Gasteiger partial charge in [-0.2, -0.15) is 0 Å². The second-order valence-corrected chi connectivity index (χ2v) is 11.4. The van der Waals surface area contributed by atoms with Crippen molar-refractivity contribution in [2.24, 2.45) is 0 Å². The first-order chi connectivity index (χ1) is 17.7. The summed E-state index contributed by atoms with van der Waals surface area (Å²) in [5.74, 6) is 1.23. The van der Waals surface area contributed by atoms with E-state index >= 15 is 0 Å². The quantitative estimate of drug-likeness (QED) is 0.187. The number of para-hydroxylation sites is 1. The van der Waals surface area contributed by atoms with E-state index in [4.69, 9.17) is 14.8 Å². The van der Waals surface area contributed by atoms with E-state index in [1.54, 1.807) is 32.0 Å². The molecule has 0 radical (unpaired) electrons. The molecule has 8 nitrogen and oxygen atoms in total. The highest BCUT2D eigenvalue weighted by Crippen LogP contribution is 2.31. The van der Waals surface area contributed by atoms with Gasteiger partial charge in [0, 0.05) is 18.5 Å². The minimum atomic E-state index is -3.47. The van der Waals surface area contributed by atoms with Crippen LogP contribution >= 0.6 is 0 Å². The van der Waals surface area contributed by atoms with Crippen LogP contribution in [0.15, 0.2) is 66.7 Å². The molecule has 0 saturated heterocycles. The second-order valence-electron chi connectivity index (χ2n) is 9.18. The molecule has 9 heteroatoms. The zero-order chi connectivity index (χ0) is 26.6. The van der Waals surface area contributed by atoms with Crippen molar-refractivity contribution in [3.05, 3.63) is 78.1 Å². The maximum Gasteiger partial charge on any atom is 0.511 e. The van der Waals surface area contributed by atoms with Crippen LogP contribution in [0.1, 0.15) is 45.0 Å². The van der Waals surface area contributed by atoms with E-state index in [-0.39, 0.29) is 5.75 Å². The Morgan fingerprint density at radius 1 is 1.08 bits per heavy atom. The number of aryl methyl sites for hydroxylation is 1. The molecule has 0 aliphatic carbocycles. The molecule has 0 unspecified atom stereocenters. The number of carboxylic acid groups (broad SMARTS) is 1. The first-order valence-corrected chi connectivity index (χ1v) is 13.8. The molecule has 4 aromatic rings. The van der Waals surface area contributed by atoms with Gasteiger partial charge in [-0.05, 0) is 55.7 Å². The van der Waals surface area contributed by atoms with Crippen molar-refractivity contribution in [1.82, 2.24) is 9.55 Å². The average Bonchev–Trinajstić information content (AvgIpc) is 3.19. The third-order valence-electron chi connectivity index (χ3n) is 6.15. The highest BCUT2D eigenvalue weighted by molar-refractivity contribution is 7.93. The summed E-state index contributed by atoms with van der Waals surface area (Å²) in [4.78, 5) is 15.9. The standard InChI is InChI=1S/C28H31N3O5S/c1-4-5-10-27-29-24-16-15-22(30-37(34,35)19(2)3)17-25(24)31(27)18-20-11-13-21(14-12-20)23-8-6-7-9-26(23)36-28(32)33/h6-9,11-17,19,30H,4-5,10,18H2,1-3H3,(H,32,33). The van der Waals surface area contributed by atoms with Gasteiger partial charge in [0.1, 0.15) is 11.6 Å². The normalized spacial score (nSPS) is 11.7. The van der Waals surface area contributed by atoms with Crippen LogP contribution in [0, 0.1) is 0 Å². The molecule has 0 bridgehead atoms. The van der Waals surface area contributed by atoms with Crippen molar-refractivity contribution in [3.8, 4) is 16.9 Å².